The largest absolute Gasteiger partial charge is 0.508 e. The van der Waals surface area contributed by atoms with Crippen molar-refractivity contribution in [3.05, 3.63) is 65.7 Å². The van der Waals surface area contributed by atoms with Gasteiger partial charge in [0.25, 0.3) is 6.61 Å². The fourth-order valence-corrected chi connectivity index (χ4v) is 1.36. The first-order valence-electron chi connectivity index (χ1n) is 5.93. The normalized spacial score (nSPS) is 10.1. The van der Waals surface area contributed by atoms with Gasteiger partial charge in [0.15, 0.2) is 0 Å². The molecule has 2 aromatic carbocycles. The summed E-state index contributed by atoms with van der Waals surface area (Å²) in [6.07, 6.45) is 1.73. The average Bonchev–Trinajstić information content (AvgIpc) is 2.51. The van der Waals surface area contributed by atoms with Crippen molar-refractivity contribution >= 4 is 6.29 Å². The van der Waals surface area contributed by atoms with E-state index >= 15 is 0 Å². The molecule has 20 heavy (non-hydrogen) atoms. The quantitative estimate of drug-likeness (QED) is 0.389. The molecule has 106 valence electrons. The second-order valence-corrected chi connectivity index (χ2v) is 3.77. The lowest BCUT2D eigenvalue weighted by Gasteiger charge is -1.91. The number of hydrogen-bond acceptors (Lipinski definition) is 4. The van der Waals surface area contributed by atoms with Gasteiger partial charge in [0.05, 0.1) is 12.7 Å². The third-order valence-corrected chi connectivity index (χ3v) is 2.30. The van der Waals surface area contributed by atoms with Gasteiger partial charge in [0.2, 0.25) is 0 Å². The molecule has 5 heteroatoms. The number of rotatable bonds is 4. The number of aromatic hydroxyl groups is 1. The van der Waals surface area contributed by atoms with Crippen LogP contribution in [0, 0.1) is 0 Å². The second-order valence-electron chi connectivity index (χ2n) is 3.77. The van der Waals surface area contributed by atoms with Gasteiger partial charge in [-0.2, -0.15) is 5.90 Å². The second kappa shape index (κ2) is 9.69. The molecule has 0 aliphatic heterocycles. The molecule has 0 aliphatic rings. The van der Waals surface area contributed by atoms with Crippen molar-refractivity contribution in [1.82, 2.24) is 0 Å². The summed E-state index contributed by atoms with van der Waals surface area (Å²) in [5.41, 5.74) is 2.08. The van der Waals surface area contributed by atoms with Gasteiger partial charge in [-0.1, -0.05) is 18.2 Å². The lowest BCUT2D eigenvalue weighted by molar-refractivity contribution is -0.282. The minimum absolute atomic E-state index is 0.274. The Balaban J connectivity index is 0.000000444. The number of phenolic OH excluding ortho intramolecular Hbond substituents is 1. The first kappa shape index (κ1) is 15.8. The van der Waals surface area contributed by atoms with Gasteiger partial charge in [-0.3, -0.25) is 4.42 Å². The molecular weight excluding hydrogens is 258 g/mol. The van der Waals surface area contributed by atoms with Gasteiger partial charge in [0, 0.05) is 5.56 Å². The van der Waals surface area contributed by atoms with E-state index in [4.69, 9.17) is 9.53 Å². The zero-order valence-electron chi connectivity index (χ0n) is 11.2. The van der Waals surface area contributed by atoms with E-state index in [2.05, 4.69) is 15.8 Å². The minimum atomic E-state index is 0.274. The van der Waals surface area contributed by atoms with Crippen LogP contribution in [0.1, 0.15) is 15.6 Å². The van der Waals surface area contributed by atoms with Crippen molar-refractivity contribution in [2.75, 3.05) is 7.11 Å². The Bertz CT molecular complexity index is 495. The predicted octanol–water partition coefficient (Wildman–Crippen LogP) is 2.38. The van der Waals surface area contributed by atoms with Crippen molar-refractivity contribution in [2.24, 2.45) is 5.90 Å². The highest BCUT2D eigenvalue weighted by Crippen LogP contribution is 2.10. The van der Waals surface area contributed by atoms with E-state index in [1.807, 2.05) is 42.5 Å². The first-order chi connectivity index (χ1) is 9.76. The Kier molecular flexibility index (Phi) is 7.67. The molecule has 0 saturated carbocycles. The highest BCUT2D eigenvalue weighted by atomic mass is 17.3. The minimum Gasteiger partial charge on any atom is -0.508 e. The Morgan fingerprint density at radius 3 is 2.25 bits per heavy atom. The van der Waals surface area contributed by atoms with Gasteiger partial charge in [-0.05, 0) is 36.4 Å². The number of hydrogen-bond donors (Lipinski definition) is 2. The van der Waals surface area contributed by atoms with E-state index in [0.717, 1.165) is 11.1 Å². The van der Waals surface area contributed by atoms with Crippen molar-refractivity contribution in [3.63, 3.8) is 0 Å². The zero-order chi connectivity index (χ0) is 14.6. The molecule has 0 heterocycles. The standard InChI is InChI=1S/C14H12O2.CH5NO2/c15-14-8-6-13(7-9-14)11-16-10-12-4-2-1-3-5-12;1-3-4-2/h1-10H,11H2;2H2,1H3/p+1. The van der Waals surface area contributed by atoms with Crippen LogP contribution < -0.4 is 5.90 Å². The Labute approximate surface area is 117 Å². The smallest absolute Gasteiger partial charge is 0.316 e. The highest BCUT2D eigenvalue weighted by Gasteiger charge is 1.98. The monoisotopic (exact) mass is 276 g/mol. The Morgan fingerprint density at radius 2 is 1.70 bits per heavy atom. The number of carbonyl (C=O) groups excluding carboxylic acids is 1. The molecule has 0 aliphatic carbocycles. The van der Waals surface area contributed by atoms with Crippen molar-refractivity contribution in [3.8, 4) is 5.75 Å². The molecule has 0 bridgehead atoms. The number of benzene rings is 2. The van der Waals surface area contributed by atoms with Gasteiger partial charge in [0.1, 0.15) is 5.75 Å². The van der Waals surface area contributed by atoms with Crippen LogP contribution in [-0.4, -0.2) is 18.5 Å². The first-order valence-corrected chi connectivity index (χ1v) is 5.93. The highest BCUT2D eigenvalue weighted by molar-refractivity contribution is 5.74. The maximum atomic E-state index is 9.11. The maximum Gasteiger partial charge on any atom is 0.316 e. The number of aldehydes is 1. The molecule has 0 unspecified atom stereocenters. The lowest BCUT2D eigenvalue weighted by atomic mass is 10.2. The van der Waals surface area contributed by atoms with Crippen LogP contribution in [0.5, 0.6) is 5.75 Å². The van der Waals surface area contributed by atoms with E-state index < -0.39 is 0 Å². The molecule has 0 atom stereocenters. The molecule has 0 amide bonds. The average molecular weight is 276 g/mol. The molecule has 5 nitrogen and oxygen atoms in total. The summed E-state index contributed by atoms with van der Waals surface area (Å²) in [5, 5.41) is 9.11. The summed E-state index contributed by atoms with van der Waals surface area (Å²) in [4.78, 5) is 7.36. The summed E-state index contributed by atoms with van der Waals surface area (Å²) in [5.74, 6) is 4.58. The summed E-state index contributed by atoms with van der Waals surface area (Å²) in [6, 6.07) is 16.9. The third kappa shape index (κ3) is 6.65. The van der Waals surface area contributed by atoms with Gasteiger partial charge in [-0.25, -0.2) is 4.89 Å². The van der Waals surface area contributed by atoms with Crippen LogP contribution in [0.3, 0.4) is 0 Å². The summed E-state index contributed by atoms with van der Waals surface area (Å²) in [6.45, 7) is 0.509. The van der Waals surface area contributed by atoms with Crippen LogP contribution in [0.15, 0.2) is 54.6 Å². The van der Waals surface area contributed by atoms with E-state index in [0.29, 0.717) is 6.61 Å². The van der Waals surface area contributed by atoms with Crippen LogP contribution in [0.2, 0.25) is 0 Å². The van der Waals surface area contributed by atoms with Crippen LogP contribution in [0.4, 0.5) is 0 Å². The molecule has 0 radical (unpaired) electrons. The molecule has 0 saturated heterocycles. The van der Waals surface area contributed by atoms with Gasteiger partial charge >= 0.3 is 6.29 Å². The molecule has 0 spiro atoms. The molecule has 2 aromatic rings. The summed E-state index contributed by atoms with van der Waals surface area (Å²) >= 11 is 0. The van der Waals surface area contributed by atoms with Gasteiger partial charge in [-0.15, -0.1) is 4.99 Å². The predicted molar refractivity (Wildman–Crippen MR) is 75.9 cm³/mol. The maximum absolute atomic E-state index is 9.11. The van der Waals surface area contributed by atoms with Crippen molar-refractivity contribution in [2.45, 2.75) is 6.61 Å². The van der Waals surface area contributed by atoms with Crippen LogP contribution in [-0.2, 0) is 16.5 Å². The van der Waals surface area contributed by atoms with Crippen molar-refractivity contribution < 1.29 is 19.4 Å². The Hall–Kier alpha value is -2.21. The molecular formula is C15H18NO4+. The van der Waals surface area contributed by atoms with Crippen molar-refractivity contribution in [1.29, 1.82) is 0 Å². The summed E-state index contributed by atoms with van der Waals surface area (Å²) < 4.78 is 5.44. The fourth-order valence-electron chi connectivity index (χ4n) is 1.36. The fraction of sp³-hybridized carbons (Fsp3) is 0.133. The van der Waals surface area contributed by atoms with E-state index in [-0.39, 0.29) is 5.75 Å². The lowest BCUT2D eigenvalue weighted by Crippen LogP contribution is -1.93. The van der Waals surface area contributed by atoms with E-state index in [9.17, 15) is 0 Å². The topological polar surface area (TPSA) is 76.0 Å². The molecule has 3 N–H and O–H groups in total. The SMILES string of the molecule is COON.Oc1ccc(C[O+]=Cc2ccccc2)cc1. The number of phenols is 1. The zero-order valence-corrected chi connectivity index (χ0v) is 11.2. The van der Waals surface area contributed by atoms with Gasteiger partial charge < -0.3 is 5.11 Å². The number of nitrogens with two attached hydrogens (primary N) is 1. The Morgan fingerprint density at radius 1 is 1.10 bits per heavy atom. The molecule has 0 fully saturated rings. The van der Waals surface area contributed by atoms with Crippen LogP contribution >= 0.6 is 0 Å². The molecule has 2 rings (SSSR count). The van der Waals surface area contributed by atoms with Crippen LogP contribution in [0.25, 0.3) is 0 Å². The third-order valence-electron chi connectivity index (χ3n) is 2.30. The van der Waals surface area contributed by atoms with E-state index in [1.165, 1.54) is 7.11 Å². The van der Waals surface area contributed by atoms with E-state index in [1.54, 1.807) is 18.4 Å². The molecule has 0 aromatic heterocycles. The summed E-state index contributed by atoms with van der Waals surface area (Å²) in [7, 11) is 1.33.